The first-order chi connectivity index (χ1) is 9.04. The molecule has 0 radical (unpaired) electrons. The predicted molar refractivity (Wildman–Crippen MR) is 77.5 cm³/mol. The van der Waals surface area contributed by atoms with Gasteiger partial charge < -0.3 is 5.32 Å². The standard InChI is InChI=1S/C12H14Cl2N2O3S/c1-12(2)5-8(12)16-11(17)9-6(13)3-4-7(10(9)14)20(15,18)19/h3-4,8H,5H2,1-2H3,(H,16,17)(H2,15,18,19). The van der Waals surface area contributed by atoms with Crippen LogP contribution in [0.2, 0.25) is 10.0 Å². The van der Waals surface area contributed by atoms with Crippen molar-refractivity contribution in [3.05, 3.63) is 27.7 Å². The van der Waals surface area contributed by atoms with Crippen LogP contribution in [0.5, 0.6) is 0 Å². The second kappa shape index (κ2) is 4.87. The second-order valence-corrected chi connectivity index (χ2v) is 7.81. The van der Waals surface area contributed by atoms with Crippen LogP contribution in [0.4, 0.5) is 0 Å². The Morgan fingerprint density at radius 2 is 1.95 bits per heavy atom. The number of halogens is 2. The molecule has 1 amide bonds. The molecule has 1 fully saturated rings. The number of hydrogen-bond donors (Lipinski definition) is 2. The van der Waals surface area contributed by atoms with Gasteiger partial charge in [0.15, 0.2) is 0 Å². The highest BCUT2D eigenvalue weighted by atomic mass is 35.5. The molecule has 3 N–H and O–H groups in total. The van der Waals surface area contributed by atoms with Crippen LogP contribution in [0.15, 0.2) is 17.0 Å². The summed E-state index contributed by atoms with van der Waals surface area (Å²) < 4.78 is 22.8. The van der Waals surface area contributed by atoms with Gasteiger partial charge in [0.2, 0.25) is 10.0 Å². The Morgan fingerprint density at radius 3 is 2.40 bits per heavy atom. The molecule has 1 aliphatic rings. The van der Waals surface area contributed by atoms with Crippen molar-refractivity contribution in [2.75, 3.05) is 0 Å². The minimum absolute atomic E-state index is 0.0280. The molecular weight excluding hydrogens is 323 g/mol. The molecule has 1 saturated carbocycles. The quantitative estimate of drug-likeness (QED) is 0.886. The maximum absolute atomic E-state index is 12.2. The van der Waals surface area contributed by atoms with E-state index in [1.54, 1.807) is 0 Å². The highest BCUT2D eigenvalue weighted by molar-refractivity contribution is 7.89. The lowest BCUT2D eigenvalue weighted by molar-refractivity contribution is 0.0946. The van der Waals surface area contributed by atoms with Crippen molar-refractivity contribution in [3.63, 3.8) is 0 Å². The molecule has 2 rings (SSSR count). The van der Waals surface area contributed by atoms with Gasteiger partial charge in [-0.3, -0.25) is 4.79 Å². The fourth-order valence-corrected chi connectivity index (χ4v) is 3.38. The van der Waals surface area contributed by atoms with Gasteiger partial charge in [0.05, 0.1) is 15.6 Å². The summed E-state index contributed by atoms with van der Waals surface area (Å²) in [6.45, 7) is 4.03. The summed E-state index contributed by atoms with van der Waals surface area (Å²) >= 11 is 11.9. The maximum atomic E-state index is 12.2. The highest BCUT2D eigenvalue weighted by Gasteiger charge is 2.47. The van der Waals surface area contributed by atoms with Crippen LogP contribution in [-0.2, 0) is 10.0 Å². The van der Waals surface area contributed by atoms with Crippen LogP contribution in [0.25, 0.3) is 0 Å². The first kappa shape index (κ1) is 15.6. The zero-order chi connectivity index (χ0) is 15.3. The number of rotatable bonds is 3. The van der Waals surface area contributed by atoms with Gasteiger partial charge in [-0.05, 0) is 24.0 Å². The van der Waals surface area contributed by atoms with E-state index in [9.17, 15) is 13.2 Å². The van der Waals surface area contributed by atoms with Crippen LogP contribution in [0, 0.1) is 5.41 Å². The largest absolute Gasteiger partial charge is 0.349 e. The average Bonchev–Trinajstić information content (AvgIpc) is 2.83. The number of carbonyl (C=O) groups excluding carboxylic acids is 1. The van der Waals surface area contributed by atoms with Gasteiger partial charge in [-0.1, -0.05) is 37.0 Å². The Labute approximate surface area is 127 Å². The number of benzene rings is 1. The summed E-state index contributed by atoms with van der Waals surface area (Å²) in [6, 6.07) is 2.50. The molecule has 0 bridgehead atoms. The number of primary sulfonamides is 1. The third-order valence-electron chi connectivity index (χ3n) is 3.41. The average molecular weight is 337 g/mol. The Bertz CT molecular complexity index is 686. The zero-order valence-electron chi connectivity index (χ0n) is 10.9. The van der Waals surface area contributed by atoms with Gasteiger partial charge in [0, 0.05) is 6.04 Å². The number of hydrogen-bond acceptors (Lipinski definition) is 3. The molecule has 0 saturated heterocycles. The highest BCUT2D eigenvalue weighted by Crippen LogP contribution is 2.45. The Balaban J connectivity index is 2.39. The van der Waals surface area contributed by atoms with Crippen molar-refractivity contribution in [3.8, 4) is 0 Å². The summed E-state index contributed by atoms with van der Waals surface area (Å²) in [6.07, 6.45) is 0.850. The Hall–Kier alpha value is -0.820. The fourth-order valence-electron chi connectivity index (χ4n) is 1.91. The van der Waals surface area contributed by atoms with E-state index < -0.39 is 15.9 Å². The van der Waals surface area contributed by atoms with Crippen molar-refractivity contribution < 1.29 is 13.2 Å². The van der Waals surface area contributed by atoms with Crippen molar-refractivity contribution in [2.24, 2.45) is 10.6 Å². The minimum Gasteiger partial charge on any atom is -0.349 e. The molecule has 1 aromatic rings. The summed E-state index contributed by atoms with van der Waals surface area (Å²) in [5.41, 5.74) is -0.0332. The molecule has 0 aromatic heterocycles. The molecule has 0 heterocycles. The lowest BCUT2D eigenvalue weighted by atomic mass is 10.1. The Morgan fingerprint density at radius 1 is 1.40 bits per heavy atom. The third kappa shape index (κ3) is 2.93. The van der Waals surface area contributed by atoms with Crippen LogP contribution < -0.4 is 10.5 Å². The molecule has 0 spiro atoms. The van der Waals surface area contributed by atoms with Gasteiger partial charge in [-0.25, -0.2) is 13.6 Å². The molecular formula is C12H14Cl2N2O3S. The van der Waals surface area contributed by atoms with E-state index in [4.69, 9.17) is 28.3 Å². The van der Waals surface area contributed by atoms with E-state index in [-0.39, 0.29) is 32.0 Å². The molecule has 110 valence electrons. The van der Waals surface area contributed by atoms with E-state index in [1.807, 2.05) is 13.8 Å². The van der Waals surface area contributed by atoms with Gasteiger partial charge >= 0.3 is 0 Å². The van der Waals surface area contributed by atoms with Crippen molar-refractivity contribution in [2.45, 2.75) is 31.2 Å². The Kier molecular flexibility index (Phi) is 3.79. The summed E-state index contributed by atoms with van der Waals surface area (Å²) in [5.74, 6) is -0.499. The number of carbonyl (C=O) groups is 1. The van der Waals surface area contributed by atoms with Crippen molar-refractivity contribution in [1.29, 1.82) is 0 Å². The molecule has 0 aliphatic heterocycles. The minimum atomic E-state index is -4.01. The van der Waals surface area contributed by atoms with E-state index >= 15 is 0 Å². The molecule has 20 heavy (non-hydrogen) atoms. The van der Waals surface area contributed by atoms with Gasteiger partial charge in [-0.15, -0.1) is 0 Å². The van der Waals surface area contributed by atoms with E-state index in [2.05, 4.69) is 5.32 Å². The smallest absolute Gasteiger partial charge is 0.254 e. The summed E-state index contributed by atoms with van der Waals surface area (Å²) in [4.78, 5) is 11.9. The number of nitrogens with one attached hydrogen (secondary N) is 1. The second-order valence-electron chi connectivity index (χ2n) is 5.50. The number of amides is 1. The topological polar surface area (TPSA) is 89.3 Å². The van der Waals surface area contributed by atoms with Gasteiger partial charge in [0.1, 0.15) is 4.90 Å². The molecule has 1 atom stereocenters. The molecule has 8 heteroatoms. The van der Waals surface area contributed by atoms with Gasteiger partial charge in [0.25, 0.3) is 5.91 Å². The SMILES string of the molecule is CC1(C)CC1NC(=O)c1c(Cl)ccc(S(N)(=O)=O)c1Cl. The molecule has 1 aromatic carbocycles. The normalized spacial score (nSPS) is 20.6. The lowest BCUT2D eigenvalue weighted by Gasteiger charge is -2.12. The van der Waals surface area contributed by atoms with E-state index in [1.165, 1.54) is 12.1 Å². The first-order valence-corrected chi connectivity index (χ1v) is 8.16. The molecule has 5 nitrogen and oxygen atoms in total. The van der Waals surface area contributed by atoms with Crippen LogP contribution in [0.3, 0.4) is 0 Å². The van der Waals surface area contributed by atoms with Crippen LogP contribution in [0.1, 0.15) is 30.6 Å². The first-order valence-electron chi connectivity index (χ1n) is 5.86. The number of nitrogens with two attached hydrogens (primary N) is 1. The van der Waals surface area contributed by atoms with E-state index in [0.717, 1.165) is 6.42 Å². The lowest BCUT2D eigenvalue weighted by Crippen LogP contribution is -2.29. The van der Waals surface area contributed by atoms with E-state index in [0.29, 0.717) is 0 Å². The maximum Gasteiger partial charge on any atom is 0.254 e. The summed E-state index contributed by atoms with van der Waals surface area (Å²) in [5, 5.41) is 7.65. The van der Waals surface area contributed by atoms with Crippen LogP contribution in [-0.4, -0.2) is 20.4 Å². The van der Waals surface area contributed by atoms with Crippen molar-refractivity contribution >= 4 is 39.1 Å². The monoisotopic (exact) mass is 336 g/mol. The molecule has 1 unspecified atom stereocenters. The van der Waals surface area contributed by atoms with Crippen molar-refractivity contribution in [1.82, 2.24) is 5.32 Å². The number of sulfonamides is 1. The summed E-state index contributed by atoms with van der Waals surface area (Å²) in [7, 11) is -4.01. The fraction of sp³-hybridized carbons (Fsp3) is 0.417. The zero-order valence-corrected chi connectivity index (χ0v) is 13.2. The third-order valence-corrected chi connectivity index (χ3v) is 5.18. The molecule has 1 aliphatic carbocycles. The predicted octanol–water partition coefficient (Wildman–Crippen LogP) is 2.17. The van der Waals surface area contributed by atoms with Gasteiger partial charge in [-0.2, -0.15) is 0 Å². The van der Waals surface area contributed by atoms with Crippen LogP contribution >= 0.6 is 23.2 Å².